The maximum atomic E-state index is 13.8. The van der Waals surface area contributed by atoms with Crippen LogP contribution >= 0.6 is 0 Å². The highest BCUT2D eigenvalue weighted by Crippen LogP contribution is 2.25. The SMILES string of the molecule is CCCCNC(=O)C(c1ccccc1)N(C(=O)C(CCC(N)=O)NC(=O)OC(C)(C)C)C(C)C. The van der Waals surface area contributed by atoms with Gasteiger partial charge < -0.3 is 26.0 Å². The number of hydrogen-bond acceptors (Lipinski definition) is 5. The number of nitrogens with two attached hydrogens (primary N) is 1. The van der Waals surface area contributed by atoms with Gasteiger partial charge in [0.05, 0.1) is 0 Å². The molecule has 1 aromatic carbocycles. The van der Waals surface area contributed by atoms with Gasteiger partial charge in [-0.05, 0) is 53.0 Å². The van der Waals surface area contributed by atoms with Crippen LogP contribution in [0, 0.1) is 0 Å². The summed E-state index contributed by atoms with van der Waals surface area (Å²) in [5.41, 5.74) is 5.17. The summed E-state index contributed by atoms with van der Waals surface area (Å²) in [6, 6.07) is 6.60. The van der Waals surface area contributed by atoms with Crippen LogP contribution in [0.4, 0.5) is 4.79 Å². The maximum absolute atomic E-state index is 13.8. The van der Waals surface area contributed by atoms with Gasteiger partial charge in [-0.3, -0.25) is 14.4 Å². The van der Waals surface area contributed by atoms with Crippen molar-refractivity contribution < 1.29 is 23.9 Å². The standard InChI is InChI=1S/C25H40N4O5/c1-7-8-16-27-22(31)21(18-12-10-9-11-13-18)29(17(2)3)23(32)19(14-15-20(26)30)28-24(33)34-25(4,5)6/h9-13,17,19,21H,7-8,14-16H2,1-6H3,(H2,26,30)(H,27,31)(H,28,33). The van der Waals surface area contributed by atoms with E-state index >= 15 is 0 Å². The van der Waals surface area contributed by atoms with Gasteiger partial charge in [0.15, 0.2) is 0 Å². The minimum Gasteiger partial charge on any atom is -0.444 e. The number of benzene rings is 1. The zero-order valence-electron chi connectivity index (χ0n) is 21.2. The van der Waals surface area contributed by atoms with E-state index in [-0.39, 0.29) is 24.8 Å². The van der Waals surface area contributed by atoms with Gasteiger partial charge in [-0.2, -0.15) is 0 Å². The summed E-state index contributed by atoms with van der Waals surface area (Å²) < 4.78 is 5.31. The number of amides is 4. The molecule has 2 atom stereocenters. The first-order chi connectivity index (χ1) is 15.9. The molecule has 0 radical (unpaired) electrons. The van der Waals surface area contributed by atoms with Crippen molar-refractivity contribution in [2.45, 2.75) is 91.0 Å². The third kappa shape index (κ3) is 9.80. The molecule has 190 valence electrons. The second-order valence-corrected chi connectivity index (χ2v) is 9.50. The first-order valence-electron chi connectivity index (χ1n) is 11.8. The fourth-order valence-electron chi connectivity index (χ4n) is 3.41. The number of alkyl carbamates (subject to hydrolysis) is 1. The smallest absolute Gasteiger partial charge is 0.408 e. The number of ether oxygens (including phenoxy) is 1. The summed E-state index contributed by atoms with van der Waals surface area (Å²) in [5, 5.41) is 5.48. The molecular formula is C25H40N4O5. The van der Waals surface area contributed by atoms with E-state index in [0.717, 1.165) is 12.8 Å². The molecule has 9 nitrogen and oxygen atoms in total. The molecule has 1 aromatic rings. The summed E-state index contributed by atoms with van der Waals surface area (Å²) in [6.45, 7) is 11.2. The van der Waals surface area contributed by atoms with Crippen LogP contribution in [0.5, 0.6) is 0 Å². The predicted octanol–water partition coefficient (Wildman–Crippen LogP) is 3.04. The van der Waals surface area contributed by atoms with E-state index in [0.29, 0.717) is 12.1 Å². The summed E-state index contributed by atoms with van der Waals surface area (Å²) in [5.74, 6) is -1.41. The Bertz CT molecular complexity index is 820. The number of rotatable bonds is 12. The largest absolute Gasteiger partial charge is 0.444 e. The maximum Gasteiger partial charge on any atom is 0.408 e. The number of unbranched alkanes of at least 4 members (excludes halogenated alkanes) is 1. The van der Waals surface area contributed by atoms with Gasteiger partial charge in [0.2, 0.25) is 17.7 Å². The van der Waals surface area contributed by atoms with Crippen LogP contribution < -0.4 is 16.4 Å². The van der Waals surface area contributed by atoms with E-state index < -0.39 is 35.6 Å². The molecule has 0 aliphatic rings. The van der Waals surface area contributed by atoms with Crippen LogP contribution in [0.2, 0.25) is 0 Å². The zero-order valence-corrected chi connectivity index (χ0v) is 21.2. The molecular weight excluding hydrogens is 436 g/mol. The number of primary amides is 1. The van der Waals surface area contributed by atoms with Crippen molar-refractivity contribution in [3.05, 3.63) is 35.9 Å². The minimum absolute atomic E-state index is 0.0183. The fraction of sp³-hybridized carbons (Fsp3) is 0.600. The molecule has 34 heavy (non-hydrogen) atoms. The van der Waals surface area contributed by atoms with Gasteiger partial charge in [0.1, 0.15) is 17.7 Å². The van der Waals surface area contributed by atoms with E-state index in [1.165, 1.54) is 4.90 Å². The molecule has 0 fully saturated rings. The summed E-state index contributed by atoms with van der Waals surface area (Å²) in [7, 11) is 0. The van der Waals surface area contributed by atoms with Gasteiger partial charge in [-0.25, -0.2) is 4.79 Å². The van der Waals surface area contributed by atoms with Crippen LogP contribution in [0.3, 0.4) is 0 Å². The molecule has 0 bridgehead atoms. The Morgan fingerprint density at radius 3 is 2.21 bits per heavy atom. The molecule has 4 amide bonds. The Kier molecular flexibility index (Phi) is 11.5. The Labute approximate surface area is 202 Å². The lowest BCUT2D eigenvalue weighted by Crippen LogP contribution is -2.55. The Morgan fingerprint density at radius 2 is 1.71 bits per heavy atom. The second-order valence-electron chi connectivity index (χ2n) is 9.50. The second kappa shape index (κ2) is 13.6. The topological polar surface area (TPSA) is 131 Å². The Hall–Kier alpha value is -3.10. The molecule has 0 aromatic heterocycles. The molecule has 2 unspecified atom stereocenters. The Balaban J connectivity index is 3.34. The molecule has 0 spiro atoms. The highest BCUT2D eigenvalue weighted by atomic mass is 16.6. The number of hydrogen-bond donors (Lipinski definition) is 3. The van der Waals surface area contributed by atoms with Crippen LogP contribution in [0.15, 0.2) is 30.3 Å². The van der Waals surface area contributed by atoms with Gasteiger partial charge in [-0.1, -0.05) is 43.7 Å². The first-order valence-corrected chi connectivity index (χ1v) is 11.8. The minimum atomic E-state index is -1.10. The first kappa shape index (κ1) is 28.9. The van der Waals surface area contributed by atoms with Crippen molar-refractivity contribution >= 4 is 23.8 Å². The van der Waals surface area contributed by atoms with E-state index in [9.17, 15) is 19.2 Å². The molecule has 9 heteroatoms. The van der Waals surface area contributed by atoms with Crippen LogP contribution in [-0.4, -0.2) is 52.9 Å². The van der Waals surface area contributed by atoms with E-state index in [1.54, 1.807) is 58.9 Å². The highest BCUT2D eigenvalue weighted by molar-refractivity contribution is 5.92. The fourth-order valence-corrected chi connectivity index (χ4v) is 3.41. The third-order valence-electron chi connectivity index (χ3n) is 4.95. The average Bonchev–Trinajstić information content (AvgIpc) is 2.73. The molecule has 0 aliphatic carbocycles. The number of nitrogens with zero attached hydrogens (tertiary/aromatic N) is 1. The lowest BCUT2D eigenvalue weighted by atomic mass is 10.00. The average molecular weight is 477 g/mol. The van der Waals surface area contributed by atoms with E-state index in [4.69, 9.17) is 10.5 Å². The summed E-state index contributed by atoms with van der Waals surface area (Å²) in [6.07, 6.45) is 0.803. The molecule has 0 heterocycles. The van der Waals surface area contributed by atoms with Crippen molar-refractivity contribution in [1.29, 1.82) is 0 Å². The lowest BCUT2D eigenvalue weighted by Gasteiger charge is -2.37. The van der Waals surface area contributed by atoms with Gasteiger partial charge in [-0.15, -0.1) is 0 Å². The van der Waals surface area contributed by atoms with Crippen LogP contribution in [-0.2, 0) is 19.1 Å². The van der Waals surface area contributed by atoms with Gasteiger partial charge in [0, 0.05) is 19.0 Å². The quantitative estimate of drug-likeness (QED) is 0.399. The number of carbonyl (C=O) groups is 4. The monoisotopic (exact) mass is 476 g/mol. The molecule has 0 aliphatic heterocycles. The van der Waals surface area contributed by atoms with Crippen molar-refractivity contribution in [3.63, 3.8) is 0 Å². The van der Waals surface area contributed by atoms with E-state index in [1.807, 2.05) is 13.0 Å². The normalized spacial score (nSPS) is 13.0. The predicted molar refractivity (Wildman–Crippen MR) is 131 cm³/mol. The highest BCUT2D eigenvalue weighted by Gasteiger charge is 2.37. The van der Waals surface area contributed by atoms with Gasteiger partial charge >= 0.3 is 6.09 Å². The summed E-state index contributed by atoms with van der Waals surface area (Å²) in [4.78, 5) is 52.4. The van der Waals surface area contributed by atoms with Crippen molar-refractivity contribution in [3.8, 4) is 0 Å². The van der Waals surface area contributed by atoms with Crippen molar-refractivity contribution in [2.24, 2.45) is 5.73 Å². The molecule has 4 N–H and O–H groups in total. The number of carbonyl (C=O) groups excluding carboxylic acids is 4. The molecule has 0 saturated heterocycles. The Morgan fingerprint density at radius 1 is 1.09 bits per heavy atom. The molecule has 0 saturated carbocycles. The molecule has 1 rings (SSSR count). The van der Waals surface area contributed by atoms with Crippen LogP contribution in [0.1, 0.15) is 78.8 Å². The lowest BCUT2D eigenvalue weighted by molar-refractivity contribution is -0.144. The summed E-state index contributed by atoms with van der Waals surface area (Å²) >= 11 is 0. The van der Waals surface area contributed by atoms with Crippen molar-refractivity contribution in [2.75, 3.05) is 6.54 Å². The van der Waals surface area contributed by atoms with Crippen molar-refractivity contribution in [1.82, 2.24) is 15.5 Å². The van der Waals surface area contributed by atoms with Crippen LogP contribution in [0.25, 0.3) is 0 Å². The number of nitrogens with one attached hydrogen (secondary N) is 2. The zero-order chi connectivity index (χ0) is 25.9. The van der Waals surface area contributed by atoms with Gasteiger partial charge in [0.25, 0.3) is 0 Å². The third-order valence-corrected chi connectivity index (χ3v) is 4.95. The van der Waals surface area contributed by atoms with E-state index in [2.05, 4.69) is 10.6 Å².